The smallest absolute Gasteiger partial charge is 0.292 e. The summed E-state index contributed by atoms with van der Waals surface area (Å²) in [5, 5.41) is 0. The number of hydrogen-bond donors (Lipinski definition) is 0. The number of hydrogen-bond acceptors (Lipinski definition) is 4. The lowest BCUT2D eigenvalue weighted by Crippen LogP contribution is -2.28. The maximum absolute atomic E-state index is 12.0. The molecule has 0 atom stereocenters. The fraction of sp³-hybridized carbons (Fsp3) is 0.667. The summed E-state index contributed by atoms with van der Waals surface area (Å²) in [6.07, 6.45) is 0.266. The molecule has 18 heavy (non-hydrogen) atoms. The molecule has 0 heterocycles. The Morgan fingerprint density at radius 3 is 0.889 bits per heavy atom. The van der Waals surface area contributed by atoms with Gasteiger partial charge in [-0.1, -0.05) is 27.7 Å². The van der Waals surface area contributed by atoms with Crippen LogP contribution in [0.4, 0.5) is 0 Å². The van der Waals surface area contributed by atoms with E-state index in [-0.39, 0.29) is 31.2 Å². The van der Waals surface area contributed by atoms with Gasteiger partial charge in [0, 0.05) is 25.7 Å². The first-order valence-electron chi connectivity index (χ1n) is 5.95. The standard InChI is InChI=1S/C12H20O4P.H2O/c1-5-9(13)17(10(14)6-2,11(15)7-3)12(16)8-4;/h5-8H2,1-4H3;1H2/q+1;. The lowest BCUT2D eigenvalue weighted by molar-refractivity contribution is -0.119. The van der Waals surface area contributed by atoms with Gasteiger partial charge < -0.3 is 5.48 Å². The van der Waals surface area contributed by atoms with Crippen molar-refractivity contribution in [1.82, 2.24) is 0 Å². The largest absolute Gasteiger partial charge is 0.412 e. The van der Waals surface area contributed by atoms with E-state index in [1.54, 1.807) is 27.7 Å². The second-order valence-electron chi connectivity index (χ2n) is 3.66. The minimum absolute atomic E-state index is 0. The van der Waals surface area contributed by atoms with E-state index in [0.717, 1.165) is 0 Å². The molecule has 0 aliphatic carbocycles. The summed E-state index contributed by atoms with van der Waals surface area (Å²) in [5.74, 6) is 0. The highest BCUT2D eigenvalue weighted by Gasteiger charge is 2.64. The van der Waals surface area contributed by atoms with Crippen molar-refractivity contribution in [2.45, 2.75) is 53.4 Å². The summed E-state index contributed by atoms with van der Waals surface area (Å²) in [6, 6.07) is 0. The second-order valence-corrected chi connectivity index (χ2v) is 7.00. The van der Waals surface area contributed by atoms with E-state index in [4.69, 9.17) is 0 Å². The minimum atomic E-state index is -3.42. The van der Waals surface area contributed by atoms with Gasteiger partial charge in [-0.3, -0.25) is 19.2 Å². The molecular formula is C12H22O5P+. The SMILES string of the molecule is CCC(=O)[P+](C(=O)CC)(C(=O)CC)C(=O)CC.O. The van der Waals surface area contributed by atoms with Crippen molar-refractivity contribution in [3.8, 4) is 0 Å². The predicted octanol–water partition coefficient (Wildman–Crippen LogP) is 1.93. The third-order valence-corrected chi connectivity index (χ3v) is 6.96. The van der Waals surface area contributed by atoms with Gasteiger partial charge in [0.2, 0.25) is 0 Å². The van der Waals surface area contributed by atoms with E-state index in [2.05, 4.69) is 0 Å². The Morgan fingerprint density at radius 2 is 0.778 bits per heavy atom. The average molecular weight is 277 g/mol. The van der Waals surface area contributed by atoms with Gasteiger partial charge in [0.05, 0.1) is 0 Å². The van der Waals surface area contributed by atoms with E-state index in [1.807, 2.05) is 0 Å². The van der Waals surface area contributed by atoms with E-state index in [1.165, 1.54) is 0 Å². The molecule has 104 valence electrons. The molecule has 0 bridgehead atoms. The van der Waals surface area contributed by atoms with Crippen LogP contribution in [0, 0.1) is 0 Å². The minimum Gasteiger partial charge on any atom is -0.412 e. The van der Waals surface area contributed by atoms with Crippen LogP contribution in [0.1, 0.15) is 53.4 Å². The van der Waals surface area contributed by atoms with Crippen molar-refractivity contribution in [3.63, 3.8) is 0 Å². The lowest BCUT2D eigenvalue weighted by Gasteiger charge is -2.17. The zero-order valence-electron chi connectivity index (χ0n) is 11.4. The molecule has 0 saturated carbocycles. The molecule has 0 aromatic rings. The van der Waals surface area contributed by atoms with Crippen LogP contribution in [-0.4, -0.2) is 27.6 Å². The molecule has 0 fully saturated rings. The van der Waals surface area contributed by atoms with Crippen molar-refractivity contribution in [2.24, 2.45) is 0 Å². The Morgan fingerprint density at radius 1 is 0.611 bits per heavy atom. The first-order valence-corrected chi connectivity index (χ1v) is 7.74. The van der Waals surface area contributed by atoms with Crippen LogP contribution in [0.2, 0.25) is 0 Å². The van der Waals surface area contributed by atoms with E-state index < -0.39 is 29.4 Å². The molecule has 2 N–H and O–H groups in total. The van der Waals surface area contributed by atoms with E-state index in [9.17, 15) is 19.2 Å². The Bertz CT molecular complexity index is 279. The van der Waals surface area contributed by atoms with Crippen molar-refractivity contribution >= 4 is 29.4 Å². The molecule has 0 unspecified atom stereocenters. The van der Waals surface area contributed by atoms with Gasteiger partial charge in [0.1, 0.15) is 0 Å². The Labute approximate surface area is 108 Å². The molecular weight excluding hydrogens is 255 g/mol. The Balaban J connectivity index is 0. The monoisotopic (exact) mass is 277 g/mol. The highest BCUT2D eigenvalue weighted by Crippen LogP contribution is 2.64. The summed E-state index contributed by atoms with van der Waals surface area (Å²) in [4.78, 5) is 48.1. The molecule has 0 saturated heterocycles. The van der Waals surface area contributed by atoms with Crippen LogP contribution in [0.3, 0.4) is 0 Å². The number of carbonyl (C=O) groups excluding carboxylic acids is 4. The Hall–Kier alpha value is -0.930. The average Bonchev–Trinajstić information content (AvgIpc) is 2.37. The van der Waals surface area contributed by atoms with Crippen LogP contribution >= 0.6 is 7.26 Å². The van der Waals surface area contributed by atoms with Gasteiger partial charge >= 0.3 is 0 Å². The molecule has 0 radical (unpaired) electrons. The molecule has 0 aliphatic rings. The predicted molar refractivity (Wildman–Crippen MR) is 71.7 cm³/mol. The van der Waals surface area contributed by atoms with Gasteiger partial charge in [0.15, 0.2) is 0 Å². The molecule has 0 aliphatic heterocycles. The normalized spacial score (nSPS) is 10.4. The first-order chi connectivity index (χ1) is 7.93. The second kappa shape index (κ2) is 8.22. The number of rotatable bonds is 8. The third-order valence-electron chi connectivity index (χ3n) is 2.71. The summed E-state index contributed by atoms with van der Waals surface area (Å²) >= 11 is 0. The van der Waals surface area contributed by atoms with Crippen LogP contribution in [0.15, 0.2) is 0 Å². The maximum atomic E-state index is 12.0. The molecule has 0 spiro atoms. The summed E-state index contributed by atoms with van der Waals surface area (Å²) in [6.45, 7) is 6.36. The van der Waals surface area contributed by atoms with Crippen molar-refractivity contribution in [1.29, 1.82) is 0 Å². The zero-order chi connectivity index (χ0) is 13.6. The molecule has 0 rings (SSSR count). The van der Waals surface area contributed by atoms with Gasteiger partial charge in [0.25, 0.3) is 29.4 Å². The third kappa shape index (κ3) is 3.09. The van der Waals surface area contributed by atoms with Gasteiger partial charge in [-0.15, -0.1) is 0 Å². The summed E-state index contributed by atoms with van der Waals surface area (Å²) < 4.78 is 0. The highest BCUT2D eigenvalue weighted by molar-refractivity contribution is 8.25. The fourth-order valence-corrected chi connectivity index (χ4v) is 5.35. The maximum Gasteiger partial charge on any atom is 0.292 e. The molecule has 0 aromatic carbocycles. The zero-order valence-corrected chi connectivity index (χ0v) is 12.3. The van der Waals surface area contributed by atoms with Gasteiger partial charge in [-0.2, -0.15) is 0 Å². The fourth-order valence-electron chi connectivity index (χ4n) is 1.78. The molecule has 0 amide bonds. The van der Waals surface area contributed by atoms with E-state index >= 15 is 0 Å². The van der Waals surface area contributed by atoms with Gasteiger partial charge in [-0.05, 0) is 0 Å². The van der Waals surface area contributed by atoms with Crippen LogP contribution in [-0.2, 0) is 19.2 Å². The van der Waals surface area contributed by atoms with Crippen LogP contribution < -0.4 is 0 Å². The van der Waals surface area contributed by atoms with Crippen LogP contribution in [0.25, 0.3) is 0 Å². The molecule has 6 heteroatoms. The lowest BCUT2D eigenvalue weighted by atomic mass is 10.5. The summed E-state index contributed by atoms with van der Waals surface area (Å²) in [5.41, 5.74) is -1.82. The van der Waals surface area contributed by atoms with Crippen molar-refractivity contribution < 1.29 is 24.7 Å². The van der Waals surface area contributed by atoms with Crippen molar-refractivity contribution in [2.75, 3.05) is 0 Å². The van der Waals surface area contributed by atoms with Gasteiger partial charge in [-0.25, -0.2) is 0 Å². The van der Waals surface area contributed by atoms with Crippen LogP contribution in [0.5, 0.6) is 0 Å². The highest BCUT2D eigenvalue weighted by atomic mass is 31.2. The van der Waals surface area contributed by atoms with E-state index in [0.29, 0.717) is 0 Å². The molecule has 5 nitrogen and oxygen atoms in total. The summed E-state index contributed by atoms with van der Waals surface area (Å²) in [7, 11) is -3.42. The quantitative estimate of drug-likeness (QED) is 0.632. The topological polar surface area (TPSA) is 99.8 Å². The Kier molecular flexibility index (Phi) is 8.87. The number of carbonyl (C=O) groups is 4. The first kappa shape index (κ1) is 19.4. The molecule has 0 aromatic heterocycles. The van der Waals surface area contributed by atoms with Crippen molar-refractivity contribution in [3.05, 3.63) is 0 Å².